The van der Waals surface area contributed by atoms with Crippen LogP contribution >= 0.6 is 0 Å². The molecule has 2 rings (SSSR count). The minimum absolute atomic E-state index is 0.0364. The number of nitrogens with zero attached hydrogens (tertiary/aromatic N) is 1. The standard InChI is InChI=1S/C18H28N2O4S/c1-3-25(22,23)20-13-5-7-16(14-20)18(21)19-12-4-6-15-8-10-17(24-2)11-9-15/h8-11,16H,3-7,12-14H2,1-2H3,(H,19,21). The number of benzene rings is 1. The summed E-state index contributed by atoms with van der Waals surface area (Å²) >= 11 is 0. The summed E-state index contributed by atoms with van der Waals surface area (Å²) in [6.45, 7) is 3.07. The van der Waals surface area contributed by atoms with Gasteiger partial charge in [-0.05, 0) is 50.3 Å². The Morgan fingerprint density at radius 3 is 2.68 bits per heavy atom. The number of nitrogens with one attached hydrogen (secondary N) is 1. The zero-order valence-electron chi connectivity index (χ0n) is 15.0. The number of sulfonamides is 1. The molecule has 140 valence electrons. The maximum atomic E-state index is 12.3. The van der Waals surface area contributed by atoms with Gasteiger partial charge >= 0.3 is 0 Å². The molecule has 0 bridgehead atoms. The minimum Gasteiger partial charge on any atom is -0.497 e. The molecule has 6 nitrogen and oxygen atoms in total. The lowest BCUT2D eigenvalue weighted by Crippen LogP contribution is -2.46. The molecule has 0 spiro atoms. The van der Waals surface area contributed by atoms with Gasteiger partial charge in [0.15, 0.2) is 0 Å². The Morgan fingerprint density at radius 2 is 2.04 bits per heavy atom. The molecule has 1 unspecified atom stereocenters. The maximum absolute atomic E-state index is 12.3. The van der Waals surface area contributed by atoms with Crippen molar-refractivity contribution in [2.24, 2.45) is 5.92 Å². The molecule has 1 saturated heterocycles. The molecule has 0 aromatic heterocycles. The average molecular weight is 368 g/mol. The van der Waals surface area contributed by atoms with E-state index in [0.717, 1.165) is 31.4 Å². The van der Waals surface area contributed by atoms with Crippen LogP contribution in [0.4, 0.5) is 0 Å². The van der Waals surface area contributed by atoms with Crippen molar-refractivity contribution in [1.82, 2.24) is 9.62 Å². The van der Waals surface area contributed by atoms with E-state index in [0.29, 0.717) is 19.6 Å². The summed E-state index contributed by atoms with van der Waals surface area (Å²) in [7, 11) is -1.57. The van der Waals surface area contributed by atoms with Crippen LogP contribution in [0.2, 0.25) is 0 Å². The number of aryl methyl sites for hydroxylation is 1. The van der Waals surface area contributed by atoms with E-state index in [9.17, 15) is 13.2 Å². The Kier molecular flexibility index (Phi) is 7.25. The van der Waals surface area contributed by atoms with Crippen molar-refractivity contribution in [2.45, 2.75) is 32.6 Å². The molecule has 0 saturated carbocycles. The van der Waals surface area contributed by atoms with Crippen LogP contribution in [-0.2, 0) is 21.2 Å². The second-order valence-electron chi connectivity index (χ2n) is 6.34. The van der Waals surface area contributed by atoms with Crippen LogP contribution in [0.25, 0.3) is 0 Å². The summed E-state index contributed by atoms with van der Waals surface area (Å²) in [5.74, 6) is 0.645. The summed E-state index contributed by atoms with van der Waals surface area (Å²) in [6.07, 6.45) is 3.22. The third-order valence-corrected chi connectivity index (χ3v) is 6.46. The average Bonchev–Trinajstić information content (AvgIpc) is 2.65. The number of rotatable bonds is 8. The molecule has 1 aromatic carbocycles. The van der Waals surface area contributed by atoms with Crippen LogP contribution in [0.15, 0.2) is 24.3 Å². The molecule has 1 fully saturated rings. The Bertz CT molecular complexity index is 658. The fraction of sp³-hybridized carbons (Fsp3) is 0.611. The second-order valence-corrected chi connectivity index (χ2v) is 8.60. The highest BCUT2D eigenvalue weighted by molar-refractivity contribution is 7.89. The highest BCUT2D eigenvalue weighted by Gasteiger charge is 2.31. The number of amides is 1. The van der Waals surface area contributed by atoms with Crippen LogP contribution in [0.5, 0.6) is 5.75 Å². The van der Waals surface area contributed by atoms with Crippen molar-refractivity contribution < 1.29 is 17.9 Å². The number of ether oxygens (including phenoxy) is 1. The first kappa shape index (κ1) is 19.7. The SMILES string of the molecule is CCS(=O)(=O)N1CCCC(C(=O)NCCCc2ccc(OC)cc2)C1. The largest absolute Gasteiger partial charge is 0.497 e. The van der Waals surface area contributed by atoms with Crippen LogP contribution < -0.4 is 10.1 Å². The van der Waals surface area contributed by atoms with Gasteiger partial charge in [-0.1, -0.05) is 12.1 Å². The first-order valence-corrected chi connectivity index (χ1v) is 10.5. The molecule has 0 radical (unpaired) electrons. The van der Waals surface area contributed by atoms with Crippen LogP contribution in [0, 0.1) is 5.92 Å². The van der Waals surface area contributed by atoms with Gasteiger partial charge in [0.05, 0.1) is 18.8 Å². The van der Waals surface area contributed by atoms with Crippen molar-refractivity contribution in [3.63, 3.8) is 0 Å². The van der Waals surface area contributed by atoms with E-state index < -0.39 is 10.0 Å². The lowest BCUT2D eigenvalue weighted by atomic mass is 9.99. The zero-order chi connectivity index (χ0) is 18.3. The van der Waals surface area contributed by atoms with Gasteiger partial charge in [-0.2, -0.15) is 0 Å². The molecule has 1 N–H and O–H groups in total. The predicted octanol–water partition coefficient (Wildman–Crippen LogP) is 1.81. The van der Waals surface area contributed by atoms with E-state index in [1.165, 1.54) is 9.87 Å². The second kappa shape index (κ2) is 9.20. The van der Waals surface area contributed by atoms with E-state index in [4.69, 9.17) is 4.74 Å². The number of carbonyl (C=O) groups is 1. The van der Waals surface area contributed by atoms with E-state index in [1.807, 2.05) is 24.3 Å². The summed E-state index contributed by atoms with van der Waals surface area (Å²) in [5.41, 5.74) is 1.20. The van der Waals surface area contributed by atoms with E-state index >= 15 is 0 Å². The van der Waals surface area contributed by atoms with E-state index in [2.05, 4.69) is 5.32 Å². The summed E-state index contributed by atoms with van der Waals surface area (Å²) in [5, 5.41) is 2.95. The van der Waals surface area contributed by atoms with Gasteiger partial charge in [-0.25, -0.2) is 12.7 Å². The Morgan fingerprint density at radius 1 is 1.32 bits per heavy atom. The maximum Gasteiger partial charge on any atom is 0.224 e. The number of piperidine rings is 1. The summed E-state index contributed by atoms with van der Waals surface area (Å²) in [6, 6.07) is 7.90. The minimum atomic E-state index is -3.21. The molecule has 1 heterocycles. The van der Waals surface area contributed by atoms with Crippen molar-refractivity contribution in [3.05, 3.63) is 29.8 Å². The van der Waals surface area contributed by atoms with Crippen molar-refractivity contribution in [2.75, 3.05) is 32.5 Å². The third kappa shape index (κ3) is 5.71. The van der Waals surface area contributed by atoms with E-state index in [1.54, 1.807) is 14.0 Å². The molecule has 1 aliphatic heterocycles. The number of methoxy groups -OCH3 is 1. The molecular formula is C18H28N2O4S. The molecule has 25 heavy (non-hydrogen) atoms. The summed E-state index contributed by atoms with van der Waals surface area (Å²) in [4.78, 5) is 12.3. The lowest BCUT2D eigenvalue weighted by Gasteiger charge is -2.30. The predicted molar refractivity (Wildman–Crippen MR) is 98.1 cm³/mol. The van der Waals surface area contributed by atoms with Crippen molar-refractivity contribution >= 4 is 15.9 Å². The molecule has 7 heteroatoms. The highest BCUT2D eigenvalue weighted by Crippen LogP contribution is 2.19. The van der Waals surface area contributed by atoms with Crippen molar-refractivity contribution in [1.29, 1.82) is 0 Å². The monoisotopic (exact) mass is 368 g/mol. The topological polar surface area (TPSA) is 75.7 Å². The quantitative estimate of drug-likeness (QED) is 0.710. The molecule has 1 amide bonds. The van der Waals surface area contributed by atoms with Gasteiger partial charge in [0.2, 0.25) is 15.9 Å². The first-order valence-electron chi connectivity index (χ1n) is 8.84. The summed E-state index contributed by atoms with van der Waals surface area (Å²) < 4.78 is 30.5. The number of hydrogen-bond acceptors (Lipinski definition) is 4. The van der Waals surface area contributed by atoms with Crippen LogP contribution in [0.1, 0.15) is 31.7 Å². The fourth-order valence-electron chi connectivity index (χ4n) is 3.03. The fourth-order valence-corrected chi connectivity index (χ4v) is 4.21. The normalized spacial score (nSPS) is 18.7. The van der Waals surface area contributed by atoms with Gasteiger partial charge in [-0.3, -0.25) is 4.79 Å². The molecule has 1 aliphatic rings. The van der Waals surface area contributed by atoms with Crippen molar-refractivity contribution in [3.8, 4) is 5.75 Å². The third-order valence-electron chi connectivity index (χ3n) is 4.61. The van der Waals surface area contributed by atoms with Gasteiger partial charge in [0.25, 0.3) is 0 Å². The van der Waals surface area contributed by atoms with Crippen LogP contribution in [0.3, 0.4) is 0 Å². The smallest absolute Gasteiger partial charge is 0.224 e. The lowest BCUT2D eigenvalue weighted by molar-refractivity contribution is -0.126. The molecule has 0 aliphatic carbocycles. The van der Waals surface area contributed by atoms with Gasteiger partial charge in [0.1, 0.15) is 5.75 Å². The Labute approximate surface area is 150 Å². The number of carbonyl (C=O) groups excluding carboxylic acids is 1. The van der Waals surface area contributed by atoms with Gasteiger partial charge in [0, 0.05) is 19.6 Å². The zero-order valence-corrected chi connectivity index (χ0v) is 15.8. The van der Waals surface area contributed by atoms with Gasteiger partial charge < -0.3 is 10.1 Å². The first-order chi connectivity index (χ1) is 12.0. The highest BCUT2D eigenvalue weighted by atomic mass is 32.2. The van der Waals surface area contributed by atoms with Crippen LogP contribution in [-0.4, -0.2) is 51.1 Å². The van der Waals surface area contributed by atoms with Gasteiger partial charge in [-0.15, -0.1) is 0 Å². The number of hydrogen-bond donors (Lipinski definition) is 1. The Hall–Kier alpha value is -1.60. The molecular weight excluding hydrogens is 340 g/mol. The molecule has 1 aromatic rings. The Balaban J connectivity index is 1.74. The molecule has 1 atom stereocenters. The van der Waals surface area contributed by atoms with E-state index in [-0.39, 0.29) is 17.6 Å².